The summed E-state index contributed by atoms with van der Waals surface area (Å²) in [5, 5.41) is 7.42. The number of anilines is 2. The molecule has 1 aliphatic heterocycles. The molecular formula is C27H31N7O3. The lowest BCUT2D eigenvalue weighted by molar-refractivity contribution is 0.102. The molecule has 1 saturated heterocycles. The van der Waals surface area contributed by atoms with Gasteiger partial charge in [0.15, 0.2) is 11.4 Å². The van der Waals surface area contributed by atoms with Gasteiger partial charge < -0.3 is 29.4 Å². The fourth-order valence-corrected chi connectivity index (χ4v) is 5.08. The van der Waals surface area contributed by atoms with Gasteiger partial charge in [-0.3, -0.25) is 4.79 Å². The molecule has 192 valence electrons. The van der Waals surface area contributed by atoms with E-state index in [1.54, 1.807) is 6.20 Å². The van der Waals surface area contributed by atoms with E-state index >= 15 is 0 Å². The highest BCUT2D eigenvalue weighted by molar-refractivity contribution is 6.14. The predicted octanol–water partition coefficient (Wildman–Crippen LogP) is 3.57. The van der Waals surface area contributed by atoms with Crippen molar-refractivity contribution in [1.29, 1.82) is 0 Å². The zero-order valence-corrected chi connectivity index (χ0v) is 21.5. The third-order valence-electron chi connectivity index (χ3n) is 6.74. The second-order valence-corrected chi connectivity index (χ2v) is 10.1. The van der Waals surface area contributed by atoms with Gasteiger partial charge in [-0.25, -0.2) is 9.97 Å². The van der Waals surface area contributed by atoms with Crippen LogP contribution in [0.4, 0.5) is 11.4 Å². The number of ether oxygens (including phenoxy) is 2. The Morgan fingerprint density at radius 2 is 1.92 bits per heavy atom. The summed E-state index contributed by atoms with van der Waals surface area (Å²) in [6.07, 6.45) is 7.79. The molecule has 1 aromatic carbocycles. The third-order valence-corrected chi connectivity index (χ3v) is 6.74. The van der Waals surface area contributed by atoms with E-state index in [2.05, 4.69) is 44.3 Å². The van der Waals surface area contributed by atoms with Crippen LogP contribution in [-0.2, 0) is 0 Å². The van der Waals surface area contributed by atoms with Crippen LogP contribution in [0.15, 0.2) is 36.8 Å². The zero-order valence-electron chi connectivity index (χ0n) is 21.5. The molecule has 2 N–H and O–H groups in total. The number of aromatic nitrogens is 4. The number of benzene rings is 1. The van der Waals surface area contributed by atoms with Gasteiger partial charge in [0.25, 0.3) is 5.91 Å². The van der Waals surface area contributed by atoms with Crippen molar-refractivity contribution in [1.82, 2.24) is 24.7 Å². The van der Waals surface area contributed by atoms with Crippen LogP contribution in [0.5, 0.6) is 11.8 Å². The molecule has 4 aromatic rings. The number of hydrogen-bond acceptors (Lipinski definition) is 8. The van der Waals surface area contributed by atoms with Crippen molar-refractivity contribution in [2.75, 3.05) is 30.4 Å². The van der Waals surface area contributed by atoms with Gasteiger partial charge >= 0.3 is 6.01 Å². The van der Waals surface area contributed by atoms with E-state index in [1.807, 2.05) is 41.9 Å². The number of imidazole rings is 1. The lowest BCUT2D eigenvalue weighted by Gasteiger charge is -2.38. The van der Waals surface area contributed by atoms with Crippen molar-refractivity contribution >= 4 is 33.8 Å². The minimum absolute atomic E-state index is 0.211. The summed E-state index contributed by atoms with van der Waals surface area (Å²) >= 11 is 0. The summed E-state index contributed by atoms with van der Waals surface area (Å²) in [5.74, 6) is 0.396. The second-order valence-electron chi connectivity index (χ2n) is 10.1. The van der Waals surface area contributed by atoms with Crippen molar-refractivity contribution < 1.29 is 14.3 Å². The fourth-order valence-electron chi connectivity index (χ4n) is 5.08. The first-order chi connectivity index (χ1) is 17.9. The van der Waals surface area contributed by atoms with E-state index in [4.69, 9.17) is 9.47 Å². The highest BCUT2D eigenvalue weighted by Crippen LogP contribution is 2.33. The van der Waals surface area contributed by atoms with Crippen LogP contribution in [0, 0.1) is 6.92 Å². The van der Waals surface area contributed by atoms with Crippen LogP contribution in [-0.4, -0.2) is 63.6 Å². The average molecular weight is 502 g/mol. The van der Waals surface area contributed by atoms with E-state index in [1.165, 1.54) is 7.11 Å². The predicted molar refractivity (Wildman–Crippen MR) is 142 cm³/mol. The highest BCUT2D eigenvalue weighted by atomic mass is 16.5. The van der Waals surface area contributed by atoms with Gasteiger partial charge in [-0.1, -0.05) is 0 Å². The van der Waals surface area contributed by atoms with Crippen molar-refractivity contribution in [3.05, 3.63) is 48.0 Å². The Kier molecular flexibility index (Phi) is 5.83. The van der Waals surface area contributed by atoms with E-state index in [0.717, 1.165) is 48.3 Å². The van der Waals surface area contributed by atoms with E-state index in [0.29, 0.717) is 34.6 Å². The molecule has 10 heteroatoms. The monoisotopic (exact) mass is 501 g/mol. The molecule has 37 heavy (non-hydrogen) atoms. The maximum absolute atomic E-state index is 13.6. The molecule has 2 aliphatic rings. The molecule has 4 heterocycles. The minimum Gasteiger partial charge on any atom is -0.486 e. The van der Waals surface area contributed by atoms with Gasteiger partial charge in [0, 0.05) is 60.9 Å². The first-order valence-corrected chi connectivity index (χ1v) is 12.7. The Hall–Kier alpha value is -3.92. The third kappa shape index (κ3) is 4.64. The normalized spacial score (nSPS) is 19.8. The Labute approximate surface area is 215 Å². The lowest BCUT2D eigenvalue weighted by atomic mass is 10.0. The lowest BCUT2D eigenvalue weighted by Crippen LogP contribution is -2.54. The standard InChI is InChI=1S/C27H31N7O3/c1-15-11-33(12-16(2)29-15)22-8-7-20(24-21(22)10-28-27(32-24)36-4)26(35)31-18-9-23(37-19-5-6-19)25-30-17(3)13-34(25)14-18/h7-10,13-16,19,29H,5-6,11-12H2,1-4H3,(H,31,35)/t15-,16+. The molecule has 2 fully saturated rings. The number of hydrogen-bond donors (Lipinski definition) is 2. The highest BCUT2D eigenvalue weighted by Gasteiger charge is 2.27. The molecule has 1 aliphatic carbocycles. The number of carbonyl (C=O) groups is 1. The second kappa shape index (κ2) is 9.19. The molecule has 0 spiro atoms. The van der Waals surface area contributed by atoms with Crippen LogP contribution in [0.2, 0.25) is 0 Å². The maximum atomic E-state index is 13.6. The number of nitrogens with one attached hydrogen (secondary N) is 2. The van der Waals surface area contributed by atoms with Crippen LogP contribution >= 0.6 is 0 Å². The number of rotatable bonds is 6. The Balaban J connectivity index is 1.37. The molecule has 3 aromatic heterocycles. The van der Waals surface area contributed by atoms with Gasteiger partial charge in [-0.15, -0.1) is 0 Å². The van der Waals surface area contributed by atoms with E-state index in [9.17, 15) is 4.79 Å². The minimum atomic E-state index is -0.270. The first-order valence-electron chi connectivity index (χ1n) is 12.7. The summed E-state index contributed by atoms with van der Waals surface area (Å²) in [6.45, 7) is 7.99. The largest absolute Gasteiger partial charge is 0.486 e. The number of methoxy groups -OCH3 is 1. The number of amides is 1. The van der Waals surface area contributed by atoms with Gasteiger partial charge in [0.1, 0.15) is 0 Å². The fraction of sp³-hybridized carbons (Fsp3) is 0.407. The number of pyridine rings is 1. The van der Waals surface area contributed by atoms with Gasteiger partial charge in [0.2, 0.25) is 0 Å². The molecule has 0 bridgehead atoms. The summed E-state index contributed by atoms with van der Waals surface area (Å²) < 4.78 is 13.3. The summed E-state index contributed by atoms with van der Waals surface area (Å²) in [7, 11) is 1.52. The molecule has 1 amide bonds. The summed E-state index contributed by atoms with van der Waals surface area (Å²) in [4.78, 5) is 29.5. The molecule has 2 atom stereocenters. The van der Waals surface area contributed by atoms with Gasteiger partial charge in [0.05, 0.1) is 35.7 Å². The Bertz CT molecular complexity index is 1490. The number of carbonyl (C=O) groups excluding carboxylic acids is 1. The molecule has 6 rings (SSSR count). The van der Waals surface area contributed by atoms with Gasteiger partial charge in [-0.05, 0) is 45.7 Å². The van der Waals surface area contributed by atoms with Crippen LogP contribution < -0.4 is 25.0 Å². The summed E-state index contributed by atoms with van der Waals surface area (Å²) in [5.41, 5.74) is 4.25. The van der Waals surface area contributed by atoms with Crippen molar-refractivity contribution in [3.8, 4) is 11.8 Å². The maximum Gasteiger partial charge on any atom is 0.316 e. The molecule has 1 saturated carbocycles. The molecule has 0 radical (unpaired) electrons. The smallest absolute Gasteiger partial charge is 0.316 e. The topological polar surface area (TPSA) is 106 Å². The zero-order chi connectivity index (χ0) is 25.7. The first kappa shape index (κ1) is 23.5. The number of aryl methyl sites for hydroxylation is 1. The van der Waals surface area contributed by atoms with Crippen LogP contribution in [0.1, 0.15) is 42.7 Å². The van der Waals surface area contributed by atoms with E-state index < -0.39 is 0 Å². The Morgan fingerprint density at radius 1 is 1.14 bits per heavy atom. The van der Waals surface area contributed by atoms with Crippen molar-refractivity contribution in [2.24, 2.45) is 0 Å². The van der Waals surface area contributed by atoms with E-state index in [-0.39, 0.29) is 18.0 Å². The SMILES string of the molecule is COc1ncc2c(N3C[C@@H](C)N[C@@H](C)C3)ccc(C(=O)Nc3cc(OC4CC4)c4nc(C)cn4c3)c2n1. The van der Waals surface area contributed by atoms with Crippen molar-refractivity contribution in [3.63, 3.8) is 0 Å². The molecule has 0 unspecified atom stereocenters. The quantitative estimate of drug-likeness (QED) is 0.413. The van der Waals surface area contributed by atoms with Crippen molar-refractivity contribution in [2.45, 2.75) is 51.8 Å². The van der Waals surface area contributed by atoms with Crippen LogP contribution in [0.25, 0.3) is 16.6 Å². The van der Waals surface area contributed by atoms with Crippen LogP contribution in [0.3, 0.4) is 0 Å². The Morgan fingerprint density at radius 3 is 2.65 bits per heavy atom. The summed E-state index contributed by atoms with van der Waals surface area (Å²) in [6, 6.07) is 6.56. The van der Waals surface area contributed by atoms with Gasteiger partial charge in [-0.2, -0.15) is 4.98 Å². The number of nitrogens with zero attached hydrogens (tertiary/aromatic N) is 5. The molecule has 10 nitrogen and oxygen atoms in total. The molecular weight excluding hydrogens is 470 g/mol. The average Bonchev–Trinajstić information content (AvgIpc) is 3.60. The number of piperazine rings is 1. The number of fused-ring (bicyclic) bond motifs is 2.